The SMILES string of the molecule is C=CCc1cc(/C=C2\C(=O)NC(=O)N(c3ccc(F)cc3)C2=O)cc(OCC)c1OCc1ccc(C)cc1. The number of nitrogens with one attached hydrogen (secondary N) is 1. The molecule has 7 nitrogen and oxygen atoms in total. The van der Waals surface area contributed by atoms with Crippen molar-refractivity contribution in [1.29, 1.82) is 0 Å². The fourth-order valence-corrected chi connectivity index (χ4v) is 3.99. The van der Waals surface area contributed by atoms with Crippen molar-refractivity contribution >= 4 is 29.6 Å². The first-order valence-electron chi connectivity index (χ1n) is 12.1. The molecule has 1 aliphatic rings. The first-order chi connectivity index (χ1) is 18.3. The van der Waals surface area contributed by atoms with E-state index in [1.807, 2.05) is 38.1 Å². The van der Waals surface area contributed by atoms with Crippen LogP contribution in [0.2, 0.25) is 0 Å². The highest BCUT2D eigenvalue weighted by Crippen LogP contribution is 2.36. The molecule has 1 heterocycles. The van der Waals surface area contributed by atoms with E-state index in [1.165, 1.54) is 18.2 Å². The molecule has 0 aromatic heterocycles. The van der Waals surface area contributed by atoms with Crippen LogP contribution in [0, 0.1) is 12.7 Å². The third kappa shape index (κ3) is 5.81. The summed E-state index contributed by atoms with van der Waals surface area (Å²) < 4.78 is 25.4. The highest BCUT2D eigenvalue weighted by molar-refractivity contribution is 6.39. The molecule has 4 rings (SSSR count). The highest BCUT2D eigenvalue weighted by Gasteiger charge is 2.37. The molecule has 194 valence electrons. The van der Waals surface area contributed by atoms with Crippen LogP contribution in [-0.2, 0) is 22.6 Å². The molecule has 1 fully saturated rings. The van der Waals surface area contributed by atoms with Gasteiger partial charge < -0.3 is 9.47 Å². The standard InChI is InChI=1S/C30H27FN2O5/c1-4-6-22-15-21(17-26(37-5-2)27(22)38-18-20-9-7-19(3)8-10-20)16-25-28(34)32-30(36)33(29(25)35)24-13-11-23(31)12-14-24/h4,7-17H,1,5-6,18H2,2-3H3,(H,32,34,36)/b25-16+. The van der Waals surface area contributed by atoms with Gasteiger partial charge in [0.15, 0.2) is 11.5 Å². The van der Waals surface area contributed by atoms with Crippen molar-refractivity contribution in [3.63, 3.8) is 0 Å². The number of amides is 4. The molecule has 0 spiro atoms. The van der Waals surface area contributed by atoms with Gasteiger partial charge in [-0.2, -0.15) is 0 Å². The molecule has 0 saturated carbocycles. The number of benzene rings is 3. The Morgan fingerprint density at radius 2 is 1.71 bits per heavy atom. The maximum Gasteiger partial charge on any atom is 0.335 e. The highest BCUT2D eigenvalue weighted by atomic mass is 19.1. The van der Waals surface area contributed by atoms with Crippen LogP contribution in [0.1, 0.15) is 29.2 Å². The molecule has 0 bridgehead atoms. The number of hydrogen-bond acceptors (Lipinski definition) is 5. The number of rotatable bonds is 9. The van der Waals surface area contributed by atoms with E-state index >= 15 is 0 Å². The zero-order valence-corrected chi connectivity index (χ0v) is 21.1. The number of aryl methyl sites for hydroxylation is 1. The van der Waals surface area contributed by atoms with E-state index in [1.54, 1.807) is 18.2 Å². The zero-order valence-electron chi connectivity index (χ0n) is 21.1. The summed E-state index contributed by atoms with van der Waals surface area (Å²) in [5.74, 6) is -1.19. The van der Waals surface area contributed by atoms with Gasteiger partial charge >= 0.3 is 6.03 Å². The Kier molecular flexibility index (Phi) is 8.01. The second-order valence-corrected chi connectivity index (χ2v) is 8.64. The Labute approximate surface area is 220 Å². The zero-order chi connectivity index (χ0) is 27.2. The van der Waals surface area contributed by atoms with E-state index in [4.69, 9.17) is 9.47 Å². The Morgan fingerprint density at radius 1 is 1.00 bits per heavy atom. The molecule has 0 unspecified atom stereocenters. The lowest BCUT2D eigenvalue weighted by molar-refractivity contribution is -0.122. The van der Waals surface area contributed by atoms with Gasteiger partial charge in [0.05, 0.1) is 12.3 Å². The number of allylic oxidation sites excluding steroid dienone is 1. The number of urea groups is 1. The van der Waals surface area contributed by atoms with Crippen molar-refractivity contribution in [2.75, 3.05) is 11.5 Å². The number of halogens is 1. The largest absolute Gasteiger partial charge is 0.490 e. The molecule has 0 radical (unpaired) electrons. The quantitative estimate of drug-likeness (QED) is 0.231. The minimum absolute atomic E-state index is 0.134. The molecule has 0 atom stereocenters. The third-order valence-electron chi connectivity index (χ3n) is 5.82. The van der Waals surface area contributed by atoms with Crippen LogP contribution < -0.4 is 19.7 Å². The van der Waals surface area contributed by atoms with Crippen LogP contribution in [0.5, 0.6) is 11.5 Å². The van der Waals surface area contributed by atoms with Crippen LogP contribution in [0.15, 0.2) is 78.9 Å². The number of nitrogens with zero attached hydrogens (tertiary/aromatic N) is 1. The summed E-state index contributed by atoms with van der Waals surface area (Å²) in [6.07, 6.45) is 3.55. The molecule has 1 saturated heterocycles. The summed E-state index contributed by atoms with van der Waals surface area (Å²) in [6, 6.07) is 15.4. The average molecular weight is 515 g/mol. The van der Waals surface area contributed by atoms with E-state index in [-0.39, 0.29) is 11.3 Å². The maximum atomic E-state index is 13.4. The Morgan fingerprint density at radius 3 is 2.37 bits per heavy atom. The summed E-state index contributed by atoms with van der Waals surface area (Å²) in [6.45, 7) is 8.36. The van der Waals surface area contributed by atoms with Gasteiger partial charge in [-0.15, -0.1) is 6.58 Å². The number of ether oxygens (including phenoxy) is 2. The van der Waals surface area contributed by atoms with Crippen molar-refractivity contribution in [1.82, 2.24) is 5.32 Å². The van der Waals surface area contributed by atoms with E-state index < -0.39 is 23.7 Å². The van der Waals surface area contributed by atoms with Crippen LogP contribution in [0.25, 0.3) is 6.08 Å². The summed E-state index contributed by atoms with van der Waals surface area (Å²) in [5, 5.41) is 2.17. The topological polar surface area (TPSA) is 84.9 Å². The van der Waals surface area contributed by atoms with Crippen molar-refractivity contribution in [3.8, 4) is 11.5 Å². The fraction of sp³-hybridized carbons (Fsp3) is 0.167. The van der Waals surface area contributed by atoms with Gasteiger partial charge in [-0.05, 0) is 73.9 Å². The number of hydrogen-bond donors (Lipinski definition) is 1. The molecule has 1 aliphatic heterocycles. The lowest BCUT2D eigenvalue weighted by Crippen LogP contribution is -2.54. The molecule has 3 aromatic carbocycles. The van der Waals surface area contributed by atoms with E-state index in [9.17, 15) is 18.8 Å². The number of carbonyl (C=O) groups excluding carboxylic acids is 3. The fourth-order valence-electron chi connectivity index (χ4n) is 3.99. The lowest BCUT2D eigenvalue weighted by atomic mass is 10.0. The molecule has 4 amide bonds. The molecule has 0 aliphatic carbocycles. The van der Waals surface area contributed by atoms with Gasteiger partial charge in [0, 0.05) is 5.56 Å². The first kappa shape index (κ1) is 26.3. The normalized spacial score (nSPS) is 14.4. The van der Waals surface area contributed by atoms with Crippen LogP contribution in [-0.4, -0.2) is 24.5 Å². The van der Waals surface area contributed by atoms with Gasteiger partial charge in [-0.25, -0.2) is 14.1 Å². The summed E-state index contributed by atoms with van der Waals surface area (Å²) in [5.41, 5.74) is 3.27. The van der Waals surface area contributed by atoms with Gasteiger partial charge in [0.2, 0.25) is 0 Å². The first-order valence-corrected chi connectivity index (χ1v) is 12.1. The van der Waals surface area contributed by atoms with Gasteiger partial charge in [0.1, 0.15) is 18.0 Å². The number of anilines is 1. The predicted octanol–water partition coefficient (Wildman–Crippen LogP) is 5.51. The van der Waals surface area contributed by atoms with E-state index in [0.717, 1.165) is 33.7 Å². The Balaban J connectivity index is 1.71. The van der Waals surface area contributed by atoms with E-state index in [2.05, 4.69) is 11.9 Å². The monoisotopic (exact) mass is 514 g/mol. The second kappa shape index (κ2) is 11.6. The van der Waals surface area contributed by atoms with Crippen molar-refractivity contribution in [2.24, 2.45) is 0 Å². The molecule has 1 N–H and O–H groups in total. The number of carbonyl (C=O) groups is 3. The smallest absolute Gasteiger partial charge is 0.335 e. The third-order valence-corrected chi connectivity index (χ3v) is 5.82. The minimum Gasteiger partial charge on any atom is -0.490 e. The lowest BCUT2D eigenvalue weighted by Gasteiger charge is -2.26. The number of barbiturate groups is 1. The molecule has 8 heteroatoms. The van der Waals surface area contributed by atoms with Crippen molar-refractivity contribution < 1.29 is 28.2 Å². The van der Waals surface area contributed by atoms with E-state index in [0.29, 0.717) is 36.7 Å². The number of imide groups is 2. The van der Waals surface area contributed by atoms with Crippen molar-refractivity contribution in [3.05, 3.63) is 107 Å². The van der Waals surface area contributed by atoms with Crippen molar-refractivity contribution in [2.45, 2.75) is 26.9 Å². The van der Waals surface area contributed by atoms with Gasteiger partial charge in [-0.1, -0.05) is 35.9 Å². The minimum atomic E-state index is -0.911. The predicted molar refractivity (Wildman–Crippen MR) is 142 cm³/mol. The second-order valence-electron chi connectivity index (χ2n) is 8.64. The molecule has 3 aromatic rings. The molecule has 38 heavy (non-hydrogen) atoms. The molecular formula is C30H27FN2O5. The van der Waals surface area contributed by atoms with Gasteiger partial charge in [-0.3, -0.25) is 14.9 Å². The average Bonchev–Trinajstić information content (AvgIpc) is 2.88. The van der Waals surface area contributed by atoms with Crippen LogP contribution in [0.4, 0.5) is 14.9 Å². The Hall–Kier alpha value is -4.72. The Bertz CT molecular complexity index is 1410. The summed E-state index contributed by atoms with van der Waals surface area (Å²) in [7, 11) is 0. The summed E-state index contributed by atoms with van der Waals surface area (Å²) in [4.78, 5) is 39.1. The maximum absolute atomic E-state index is 13.4. The van der Waals surface area contributed by atoms with Crippen LogP contribution >= 0.6 is 0 Å². The molecular weight excluding hydrogens is 487 g/mol. The van der Waals surface area contributed by atoms with Crippen LogP contribution in [0.3, 0.4) is 0 Å². The summed E-state index contributed by atoms with van der Waals surface area (Å²) >= 11 is 0. The van der Waals surface area contributed by atoms with Gasteiger partial charge in [0.25, 0.3) is 11.8 Å².